The number of hydrogen-bond donors (Lipinski definition) is 1. The number of rotatable bonds is 9. The van der Waals surface area contributed by atoms with E-state index < -0.39 is 11.6 Å². The maximum Gasteiger partial charge on any atom is 0.325 e. The van der Waals surface area contributed by atoms with E-state index in [1.807, 2.05) is 33.8 Å². The van der Waals surface area contributed by atoms with E-state index in [9.17, 15) is 14.4 Å². The van der Waals surface area contributed by atoms with Crippen molar-refractivity contribution >= 4 is 17.8 Å². The summed E-state index contributed by atoms with van der Waals surface area (Å²) in [6.45, 7) is 8.74. The summed E-state index contributed by atoms with van der Waals surface area (Å²) in [6, 6.07) is 4.91. The van der Waals surface area contributed by atoms with Crippen LogP contribution in [-0.2, 0) is 15.1 Å². The first-order valence-corrected chi connectivity index (χ1v) is 9.91. The Morgan fingerprint density at radius 1 is 1.18 bits per heavy atom. The van der Waals surface area contributed by atoms with E-state index in [2.05, 4.69) is 5.32 Å². The molecule has 0 bridgehead atoms. The van der Waals surface area contributed by atoms with Gasteiger partial charge >= 0.3 is 6.03 Å². The molecule has 0 radical (unpaired) electrons. The summed E-state index contributed by atoms with van der Waals surface area (Å²) in [5, 5.41) is 2.83. The van der Waals surface area contributed by atoms with Crippen molar-refractivity contribution in [3.8, 4) is 5.75 Å². The van der Waals surface area contributed by atoms with Crippen LogP contribution < -0.4 is 10.1 Å². The highest BCUT2D eigenvalue weighted by Gasteiger charge is 2.51. The molecular formula is C21H31N3O4. The number of ether oxygens (including phenoxy) is 1. The molecule has 7 nitrogen and oxygen atoms in total. The molecule has 1 fully saturated rings. The van der Waals surface area contributed by atoms with Crippen LogP contribution in [-0.4, -0.2) is 54.4 Å². The van der Waals surface area contributed by atoms with Crippen molar-refractivity contribution in [1.82, 2.24) is 15.1 Å². The first kappa shape index (κ1) is 21.7. The topological polar surface area (TPSA) is 79.0 Å². The van der Waals surface area contributed by atoms with Crippen molar-refractivity contribution in [3.05, 3.63) is 29.3 Å². The van der Waals surface area contributed by atoms with Gasteiger partial charge in [-0.1, -0.05) is 26.8 Å². The molecule has 1 unspecified atom stereocenters. The molecular weight excluding hydrogens is 358 g/mol. The maximum absolute atomic E-state index is 13.2. The number of aryl methyl sites for hydroxylation is 1. The molecule has 0 spiro atoms. The van der Waals surface area contributed by atoms with Gasteiger partial charge in [0.2, 0.25) is 5.91 Å². The number of nitrogens with one attached hydrogen (secondary N) is 1. The van der Waals surface area contributed by atoms with Gasteiger partial charge in [-0.05, 0) is 49.4 Å². The lowest BCUT2D eigenvalue weighted by atomic mass is 9.86. The van der Waals surface area contributed by atoms with E-state index >= 15 is 0 Å². The van der Waals surface area contributed by atoms with Gasteiger partial charge in [0.1, 0.15) is 17.8 Å². The fourth-order valence-electron chi connectivity index (χ4n) is 3.69. The van der Waals surface area contributed by atoms with Crippen molar-refractivity contribution in [2.24, 2.45) is 0 Å². The van der Waals surface area contributed by atoms with Crippen LogP contribution in [0.4, 0.5) is 4.79 Å². The van der Waals surface area contributed by atoms with E-state index in [1.165, 1.54) is 0 Å². The molecule has 0 aromatic heterocycles. The van der Waals surface area contributed by atoms with Crippen LogP contribution in [0.1, 0.15) is 51.2 Å². The zero-order chi connectivity index (χ0) is 20.9. The molecule has 1 saturated heterocycles. The Kier molecular flexibility index (Phi) is 7.05. The van der Waals surface area contributed by atoms with Gasteiger partial charge in [0.05, 0.1) is 7.11 Å². The van der Waals surface area contributed by atoms with Gasteiger partial charge in [0.25, 0.3) is 5.91 Å². The number of urea groups is 1. The third kappa shape index (κ3) is 3.98. The predicted molar refractivity (Wildman–Crippen MR) is 107 cm³/mol. The molecule has 28 heavy (non-hydrogen) atoms. The van der Waals surface area contributed by atoms with Crippen LogP contribution in [0.2, 0.25) is 0 Å². The van der Waals surface area contributed by atoms with E-state index in [4.69, 9.17) is 4.74 Å². The molecule has 1 aliphatic rings. The van der Waals surface area contributed by atoms with Crippen LogP contribution in [0.5, 0.6) is 5.75 Å². The third-order valence-electron chi connectivity index (χ3n) is 5.23. The summed E-state index contributed by atoms with van der Waals surface area (Å²) >= 11 is 0. The first-order chi connectivity index (χ1) is 13.3. The van der Waals surface area contributed by atoms with Gasteiger partial charge in [-0.3, -0.25) is 14.5 Å². The van der Waals surface area contributed by atoms with Crippen LogP contribution in [0.3, 0.4) is 0 Å². The fraction of sp³-hybridized carbons (Fsp3) is 0.571. The van der Waals surface area contributed by atoms with Crippen molar-refractivity contribution in [1.29, 1.82) is 0 Å². The Morgan fingerprint density at radius 3 is 2.32 bits per heavy atom. The molecule has 4 amide bonds. The maximum atomic E-state index is 13.2. The number of carbonyl (C=O) groups is 3. The summed E-state index contributed by atoms with van der Waals surface area (Å²) < 4.78 is 5.29. The van der Waals surface area contributed by atoms with Gasteiger partial charge in [-0.25, -0.2) is 4.79 Å². The third-order valence-corrected chi connectivity index (χ3v) is 5.23. The molecule has 2 rings (SSSR count). The first-order valence-electron chi connectivity index (χ1n) is 9.91. The Morgan fingerprint density at radius 2 is 1.82 bits per heavy atom. The average Bonchev–Trinajstić information content (AvgIpc) is 2.92. The van der Waals surface area contributed by atoms with Crippen LogP contribution >= 0.6 is 0 Å². The highest BCUT2D eigenvalue weighted by Crippen LogP contribution is 2.34. The highest BCUT2D eigenvalue weighted by molar-refractivity contribution is 6.09. The normalized spacial score (nSPS) is 19.0. The van der Waals surface area contributed by atoms with Gasteiger partial charge < -0.3 is 15.0 Å². The number of benzene rings is 1. The van der Waals surface area contributed by atoms with Gasteiger partial charge in [-0.15, -0.1) is 0 Å². The van der Waals surface area contributed by atoms with Crippen molar-refractivity contribution in [3.63, 3.8) is 0 Å². The highest BCUT2D eigenvalue weighted by atomic mass is 16.5. The lowest BCUT2D eigenvalue weighted by molar-refractivity contribution is -0.139. The number of methoxy groups -OCH3 is 1. The van der Waals surface area contributed by atoms with E-state index in [0.717, 1.165) is 23.3 Å². The minimum atomic E-state index is -1.16. The summed E-state index contributed by atoms with van der Waals surface area (Å²) in [6.07, 6.45) is 2.05. The lowest BCUT2D eigenvalue weighted by Gasteiger charge is -2.27. The second kappa shape index (κ2) is 9.08. The minimum absolute atomic E-state index is 0.204. The number of imide groups is 1. The standard InChI is InChI=1S/C21H31N3O4/c1-6-11-23(12-7-2)18(25)14-24-19(26)21(8-3,22-20(24)27)16-9-10-17(28-5)15(4)13-16/h9-10,13H,6-8,11-12,14H2,1-5H3,(H,22,27). The van der Waals surface area contributed by atoms with Crippen LogP contribution in [0, 0.1) is 6.92 Å². The Bertz CT molecular complexity index is 743. The van der Waals surface area contributed by atoms with E-state index in [1.54, 1.807) is 24.1 Å². The van der Waals surface area contributed by atoms with E-state index in [0.29, 0.717) is 30.8 Å². The monoisotopic (exact) mass is 389 g/mol. The lowest BCUT2D eigenvalue weighted by Crippen LogP contribution is -2.46. The summed E-state index contributed by atoms with van der Waals surface area (Å²) in [7, 11) is 1.59. The number of amides is 4. The molecule has 1 aromatic carbocycles. The molecule has 0 aliphatic carbocycles. The molecule has 1 aliphatic heterocycles. The van der Waals surface area contributed by atoms with Crippen molar-refractivity contribution in [2.75, 3.05) is 26.7 Å². The summed E-state index contributed by atoms with van der Waals surface area (Å²) in [5.74, 6) is 0.129. The molecule has 1 atom stereocenters. The van der Waals surface area contributed by atoms with Crippen LogP contribution in [0.25, 0.3) is 0 Å². The number of hydrogen-bond acceptors (Lipinski definition) is 4. The molecule has 7 heteroatoms. The van der Waals surface area contributed by atoms with Gasteiger partial charge in [0, 0.05) is 13.1 Å². The average molecular weight is 389 g/mol. The second-order valence-electron chi connectivity index (χ2n) is 7.15. The van der Waals surface area contributed by atoms with Crippen molar-refractivity contribution in [2.45, 2.75) is 52.5 Å². The summed E-state index contributed by atoms with van der Waals surface area (Å²) in [4.78, 5) is 41.3. The molecule has 0 saturated carbocycles. The molecule has 154 valence electrons. The molecule has 1 aromatic rings. The number of nitrogens with zero attached hydrogens (tertiary/aromatic N) is 2. The SMILES string of the molecule is CCCN(CCC)C(=O)CN1C(=O)NC(CC)(c2ccc(OC)c(C)c2)C1=O. The fourth-order valence-corrected chi connectivity index (χ4v) is 3.69. The Balaban J connectivity index is 2.29. The quantitative estimate of drug-likeness (QED) is 0.659. The zero-order valence-electron chi connectivity index (χ0n) is 17.5. The molecule has 1 heterocycles. The van der Waals surface area contributed by atoms with Crippen LogP contribution in [0.15, 0.2) is 18.2 Å². The van der Waals surface area contributed by atoms with Gasteiger partial charge in [0.15, 0.2) is 0 Å². The zero-order valence-corrected chi connectivity index (χ0v) is 17.5. The Labute approximate surface area is 167 Å². The number of carbonyl (C=O) groups excluding carboxylic acids is 3. The van der Waals surface area contributed by atoms with E-state index in [-0.39, 0.29) is 18.4 Å². The largest absolute Gasteiger partial charge is 0.496 e. The minimum Gasteiger partial charge on any atom is -0.496 e. The van der Waals surface area contributed by atoms with Gasteiger partial charge in [-0.2, -0.15) is 0 Å². The summed E-state index contributed by atoms with van der Waals surface area (Å²) in [5.41, 5.74) is 0.413. The predicted octanol–water partition coefficient (Wildman–Crippen LogP) is 2.81. The van der Waals surface area contributed by atoms with Crippen molar-refractivity contribution < 1.29 is 19.1 Å². The smallest absolute Gasteiger partial charge is 0.325 e. The second-order valence-corrected chi connectivity index (χ2v) is 7.15. The molecule has 1 N–H and O–H groups in total. The Hall–Kier alpha value is -2.57.